The lowest BCUT2D eigenvalue weighted by atomic mass is 10.1. The van der Waals surface area contributed by atoms with E-state index in [0.29, 0.717) is 17.2 Å². The summed E-state index contributed by atoms with van der Waals surface area (Å²) in [5, 5.41) is 2.94. The quantitative estimate of drug-likeness (QED) is 0.850. The van der Waals surface area contributed by atoms with Crippen LogP contribution in [0.4, 0.5) is 10.5 Å². The molecule has 0 atom stereocenters. The van der Waals surface area contributed by atoms with Gasteiger partial charge in [-0.3, -0.25) is 4.90 Å². The maximum atomic E-state index is 12.6. The Balaban J connectivity index is 1.48. The molecule has 0 unspecified atom stereocenters. The lowest BCUT2D eigenvalue weighted by Gasteiger charge is -2.34. The molecule has 1 aliphatic heterocycles. The van der Waals surface area contributed by atoms with E-state index in [0.717, 1.165) is 39.1 Å². The molecule has 1 fully saturated rings. The van der Waals surface area contributed by atoms with Crippen molar-refractivity contribution in [3.63, 3.8) is 0 Å². The lowest BCUT2D eigenvalue weighted by Crippen LogP contribution is -2.50. The summed E-state index contributed by atoms with van der Waals surface area (Å²) < 4.78 is 10.5. The number of hydrogen-bond donors (Lipinski definition) is 1. The molecule has 3 rings (SSSR count). The number of carbonyl (C=O) groups is 1. The fourth-order valence-electron chi connectivity index (χ4n) is 3.19. The van der Waals surface area contributed by atoms with Crippen LogP contribution in [0.2, 0.25) is 0 Å². The first kappa shape index (κ1) is 19.0. The van der Waals surface area contributed by atoms with Crippen LogP contribution in [-0.4, -0.2) is 62.8 Å². The zero-order valence-corrected chi connectivity index (χ0v) is 16.0. The SMILES string of the molecule is COc1cc(NC(=O)N2CCN(CCc3ccccc3)CC2)cc(OC)c1. The van der Waals surface area contributed by atoms with Crippen LogP contribution in [0.15, 0.2) is 48.5 Å². The van der Waals surface area contributed by atoms with E-state index in [4.69, 9.17) is 9.47 Å². The van der Waals surface area contributed by atoms with Gasteiger partial charge in [0.15, 0.2) is 0 Å². The van der Waals surface area contributed by atoms with Crippen LogP contribution >= 0.6 is 0 Å². The minimum Gasteiger partial charge on any atom is -0.497 e. The number of rotatable bonds is 6. The predicted octanol–water partition coefficient (Wildman–Crippen LogP) is 3.10. The van der Waals surface area contributed by atoms with Gasteiger partial charge in [0.25, 0.3) is 0 Å². The van der Waals surface area contributed by atoms with Crippen LogP contribution in [-0.2, 0) is 6.42 Å². The summed E-state index contributed by atoms with van der Waals surface area (Å²) >= 11 is 0. The monoisotopic (exact) mass is 369 g/mol. The first-order chi connectivity index (χ1) is 13.2. The van der Waals surface area contributed by atoms with Gasteiger partial charge in [-0.2, -0.15) is 0 Å². The van der Waals surface area contributed by atoms with Gasteiger partial charge in [0, 0.05) is 56.6 Å². The van der Waals surface area contributed by atoms with Crippen LogP contribution in [0.1, 0.15) is 5.56 Å². The van der Waals surface area contributed by atoms with E-state index >= 15 is 0 Å². The number of ether oxygens (including phenoxy) is 2. The molecule has 2 amide bonds. The highest BCUT2D eigenvalue weighted by molar-refractivity contribution is 5.90. The second-order valence-electron chi connectivity index (χ2n) is 6.60. The highest BCUT2D eigenvalue weighted by atomic mass is 16.5. The average Bonchev–Trinajstić information content (AvgIpc) is 2.73. The Labute approximate surface area is 160 Å². The number of hydrogen-bond acceptors (Lipinski definition) is 4. The molecule has 0 radical (unpaired) electrons. The molecular formula is C21H27N3O3. The summed E-state index contributed by atoms with van der Waals surface area (Å²) in [6.45, 7) is 4.25. The van der Waals surface area contributed by atoms with Crippen LogP contribution in [0.25, 0.3) is 0 Å². The van der Waals surface area contributed by atoms with Crippen molar-refractivity contribution in [2.75, 3.05) is 52.3 Å². The van der Waals surface area contributed by atoms with Gasteiger partial charge in [-0.05, 0) is 12.0 Å². The number of urea groups is 1. The molecule has 0 aromatic heterocycles. The summed E-state index contributed by atoms with van der Waals surface area (Å²) in [6, 6.07) is 15.8. The van der Waals surface area contributed by atoms with Gasteiger partial charge in [-0.1, -0.05) is 30.3 Å². The highest BCUT2D eigenvalue weighted by Crippen LogP contribution is 2.26. The maximum absolute atomic E-state index is 12.6. The Hall–Kier alpha value is -2.73. The first-order valence-electron chi connectivity index (χ1n) is 9.23. The van der Waals surface area contributed by atoms with Crippen molar-refractivity contribution in [1.82, 2.24) is 9.80 Å². The Morgan fingerprint density at radius 2 is 1.59 bits per heavy atom. The van der Waals surface area contributed by atoms with Gasteiger partial charge in [0.1, 0.15) is 11.5 Å². The summed E-state index contributed by atoms with van der Waals surface area (Å²) in [7, 11) is 3.18. The second kappa shape index (κ2) is 9.28. The number of benzene rings is 2. The molecule has 1 N–H and O–H groups in total. The molecule has 2 aromatic carbocycles. The molecule has 0 saturated carbocycles. The molecule has 1 aliphatic rings. The van der Waals surface area contributed by atoms with E-state index < -0.39 is 0 Å². The molecule has 0 aliphatic carbocycles. The standard InChI is InChI=1S/C21H27N3O3/c1-26-19-14-18(15-20(16-19)27-2)22-21(25)24-12-10-23(11-13-24)9-8-17-6-4-3-5-7-17/h3-7,14-16H,8-13H2,1-2H3,(H,22,25). The predicted molar refractivity (Wildman–Crippen MR) is 107 cm³/mol. The first-order valence-corrected chi connectivity index (χ1v) is 9.23. The Morgan fingerprint density at radius 1 is 0.963 bits per heavy atom. The normalized spacial score (nSPS) is 14.7. The van der Waals surface area contributed by atoms with Crippen molar-refractivity contribution in [2.45, 2.75) is 6.42 Å². The number of methoxy groups -OCH3 is 2. The van der Waals surface area contributed by atoms with Crippen molar-refractivity contribution in [2.24, 2.45) is 0 Å². The van der Waals surface area contributed by atoms with E-state index in [9.17, 15) is 4.79 Å². The molecule has 1 saturated heterocycles. The van der Waals surface area contributed by atoms with Gasteiger partial charge < -0.3 is 19.7 Å². The number of nitrogens with zero attached hydrogens (tertiary/aromatic N) is 2. The molecule has 27 heavy (non-hydrogen) atoms. The van der Waals surface area contributed by atoms with Crippen molar-refractivity contribution in [3.05, 3.63) is 54.1 Å². The van der Waals surface area contributed by atoms with E-state index in [1.807, 2.05) is 11.0 Å². The number of anilines is 1. The van der Waals surface area contributed by atoms with E-state index in [2.05, 4.69) is 34.5 Å². The van der Waals surface area contributed by atoms with Gasteiger partial charge in [0.2, 0.25) is 0 Å². The Kier molecular flexibility index (Phi) is 6.54. The van der Waals surface area contributed by atoms with Crippen LogP contribution < -0.4 is 14.8 Å². The van der Waals surface area contributed by atoms with Crippen molar-refractivity contribution in [1.29, 1.82) is 0 Å². The van der Waals surface area contributed by atoms with Crippen molar-refractivity contribution < 1.29 is 14.3 Å². The van der Waals surface area contributed by atoms with Gasteiger partial charge in [-0.25, -0.2) is 4.79 Å². The van der Waals surface area contributed by atoms with Gasteiger partial charge >= 0.3 is 6.03 Å². The number of amides is 2. The topological polar surface area (TPSA) is 54.0 Å². The number of nitrogens with one attached hydrogen (secondary N) is 1. The van der Waals surface area contributed by atoms with Crippen LogP contribution in [0.5, 0.6) is 11.5 Å². The minimum atomic E-state index is -0.0898. The maximum Gasteiger partial charge on any atom is 0.321 e. The van der Waals surface area contributed by atoms with Gasteiger partial charge in [-0.15, -0.1) is 0 Å². The van der Waals surface area contributed by atoms with Crippen molar-refractivity contribution in [3.8, 4) is 11.5 Å². The minimum absolute atomic E-state index is 0.0898. The third-order valence-corrected chi connectivity index (χ3v) is 4.82. The number of carbonyl (C=O) groups excluding carboxylic acids is 1. The van der Waals surface area contributed by atoms with Crippen molar-refractivity contribution >= 4 is 11.7 Å². The summed E-state index contributed by atoms with van der Waals surface area (Å²) in [6.07, 6.45) is 1.04. The zero-order valence-electron chi connectivity index (χ0n) is 16.0. The van der Waals surface area contributed by atoms with Crippen LogP contribution in [0.3, 0.4) is 0 Å². The molecule has 6 nitrogen and oxygen atoms in total. The fraction of sp³-hybridized carbons (Fsp3) is 0.381. The van der Waals surface area contributed by atoms with E-state index in [1.54, 1.807) is 32.4 Å². The smallest absolute Gasteiger partial charge is 0.321 e. The summed E-state index contributed by atoms with van der Waals surface area (Å²) in [5.41, 5.74) is 2.02. The molecular weight excluding hydrogens is 342 g/mol. The Morgan fingerprint density at radius 3 is 2.19 bits per heavy atom. The lowest BCUT2D eigenvalue weighted by molar-refractivity contribution is 0.148. The highest BCUT2D eigenvalue weighted by Gasteiger charge is 2.21. The van der Waals surface area contributed by atoms with E-state index in [-0.39, 0.29) is 6.03 Å². The molecule has 0 spiro atoms. The molecule has 2 aromatic rings. The summed E-state index contributed by atoms with van der Waals surface area (Å²) in [5.74, 6) is 1.30. The fourth-order valence-corrected chi connectivity index (χ4v) is 3.19. The second-order valence-corrected chi connectivity index (χ2v) is 6.60. The average molecular weight is 369 g/mol. The molecule has 0 bridgehead atoms. The van der Waals surface area contributed by atoms with E-state index in [1.165, 1.54) is 5.56 Å². The molecule has 6 heteroatoms. The summed E-state index contributed by atoms with van der Waals surface area (Å²) in [4.78, 5) is 16.8. The molecule has 1 heterocycles. The van der Waals surface area contributed by atoms with Crippen LogP contribution in [0, 0.1) is 0 Å². The molecule has 144 valence electrons. The van der Waals surface area contributed by atoms with Gasteiger partial charge in [0.05, 0.1) is 14.2 Å². The number of piperazine rings is 1. The Bertz CT molecular complexity index is 721. The third-order valence-electron chi connectivity index (χ3n) is 4.82. The largest absolute Gasteiger partial charge is 0.497 e. The zero-order chi connectivity index (χ0) is 19.1. The third kappa shape index (κ3) is 5.37.